The lowest BCUT2D eigenvalue weighted by Gasteiger charge is -2.30. The van der Waals surface area contributed by atoms with Crippen molar-refractivity contribution in [2.24, 2.45) is 0 Å². The van der Waals surface area contributed by atoms with E-state index < -0.39 is 0 Å². The van der Waals surface area contributed by atoms with Crippen molar-refractivity contribution < 1.29 is 0 Å². The second-order valence-corrected chi connectivity index (χ2v) is 3.85. The maximum atomic E-state index is 8.87. The molecule has 3 heteroatoms. The number of nitriles is 1. The van der Waals surface area contributed by atoms with Crippen molar-refractivity contribution in [1.29, 1.82) is 5.26 Å². The van der Waals surface area contributed by atoms with E-state index >= 15 is 0 Å². The van der Waals surface area contributed by atoms with Crippen molar-refractivity contribution in [1.82, 2.24) is 5.32 Å². The first kappa shape index (κ1) is 10.0. The van der Waals surface area contributed by atoms with Crippen LogP contribution in [0, 0.1) is 18.3 Å². The Kier molecular flexibility index (Phi) is 2.89. The lowest BCUT2D eigenvalue weighted by atomic mass is 10.1. The molecule has 0 amide bonds. The third kappa shape index (κ3) is 2.11. The van der Waals surface area contributed by atoms with E-state index in [1.54, 1.807) is 0 Å². The van der Waals surface area contributed by atoms with Gasteiger partial charge in [0, 0.05) is 31.9 Å². The fourth-order valence-electron chi connectivity index (χ4n) is 1.93. The molecule has 1 aliphatic rings. The number of anilines is 1. The SMILES string of the molecule is Cc1ccc(C#N)cc1N1CCNCC1. The highest BCUT2D eigenvalue weighted by Crippen LogP contribution is 2.21. The highest BCUT2D eigenvalue weighted by Gasteiger charge is 2.12. The predicted molar refractivity (Wildman–Crippen MR) is 61.0 cm³/mol. The zero-order valence-electron chi connectivity index (χ0n) is 8.95. The summed E-state index contributed by atoms with van der Waals surface area (Å²) in [6, 6.07) is 8.08. The Labute approximate surface area is 90.3 Å². The predicted octanol–water partition coefficient (Wildman–Crippen LogP) is 1.28. The van der Waals surface area contributed by atoms with Crippen LogP contribution in [0.3, 0.4) is 0 Å². The minimum Gasteiger partial charge on any atom is -0.369 e. The van der Waals surface area contributed by atoms with Gasteiger partial charge in [-0.3, -0.25) is 0 Å². The van der Waals surface area contributed by atoms with Crippen LogP contribution in [0.5, 0.6) is 0 Å². The molecule has 0 atom stereocenters. The number of nitrogens with zero attached hydrogens (tertiary/aromatic N) is 2. The van der Waals surface area contributed by atoms with E-state index in [4.69, 9.17) is 5.26 Å². The smallest absolute Gasteiger partial charge is 0.0992 e. The van der Waals surface area contributed by atoms with E-state index in [9.17, 15) is 0 Å². The maximum Gasteiger partial charge on any atom is 0.0992 e. The highest BCUT2D eigenvalue weighted by atomic mass is 15.2. The Hall–Kier alpha value is -1.53. The number of nitrogens with one attached hydrogen (secondary N) is 1. The molecule has 0 unspecified atom stereocenters. The van der Waals surface area contributed by atoms with E-state index in [0.29, 0.717) is 0 Å². The number of rotatable bonds is 1. The Balaban J connectivity index is 2.29. The van der Waals surface area contributed by atoms with Gasteiger partial charge in [0.25, 0.3) is 0 Å². The largest absolute Gasteiger partial charge is 0.369 e. The normalized spacial score (nSPS) is 16.1. The Morgan fingerprint density at radius 1 is 1.33 bits per heavy atom. The molecule has 1 aliphatic heterocycles. The summed E-state index contributed by atoms with van der Waals surface area (Å²) < 4.78 is 0. The number of piperazine rings is 1. The van der Waals surface area contributed by atoms with Crippen molar-refractivity contribution in [3.63, 3.8) is 0 Å². The van der Waals surface area contributed by atoms with E-state index in [2.05, 4.69) is 23.2 Å². The van der Waals surface area contributed by atoms with Gasteiger partial charge < -0.3 is 10.2 Å². The van der Waals surface area contributed by atoms with Crippen LogP contribution in [0.15, 0.2) is 18.2 Å². The first-order valence-electron chi connectivity index (χ1n) is 5.27. The summed E-state index contributed by atoms with van der Waals surface area (Å²) >= 11 is 0. The summed E-state index contributed by atoms with van der Waals surface area (Å²) in [6.07, 6.45) is 0. The molecular weight excluding hydrogens is 186 g/mol. The van der Waals surface area contributed by atoms with E-state index in [1.807, 2.05) is 18.2 Å². The summed E-state index contributed by atoms with van der Waals surface area (Å²) in [6.45, 7) is 6.19. The lowest BCUT2D eigenvalue weighted by molar-refractivity contribution is 0.588. The minimum atomic E-state index is 0.745. The quantitative estimate of drug-likeness (QED) is 0.744. The summed E-state index contributed by atoms with van der Waals surface area (Å²) in [5, 5.41) is 12.2. The topological polar surface area (TPSA) is 39.1 Å². The molecule has 2 rings (SSSR count). The van der Waals surface area contributed by atoms with Gasteiger partial charge in [-0.15, -0.1) is 0 Å². The molecule has 1 aromatic rings. The van der Waals surface area contributed by atoms with Crippen molar-refractivity contribution in [3.05, 3.63) is 29.3 Å². The zero-order chi connectivity index (χ0) is 10.7. The maximum absolute atomic E-state index is 8.87. The monoisotopic (exact) mass is 201 g/mol. The van der Waals surface area contributed by atoms with Crippen LogP contribution in [0.4, 0.5) is 5.69 Å². The molecule has 0 aromatic heterocycles. The molecule has 0 spiro atoms. The fourth-order valence-corrected chi connectivity index (χ4v) is 1.93. The average Bonchev–Trinajstić information content (AvgIpc) is 2.31. The second kappa shape index (κ2) is 4.33. The first-order chi connectivity index (χ1) is 7.31. The Bertz CT molecular complexity index is 386. The van der Waals surface area contributed by atoms with E-state index in [-0.39, 0.29) is 0 Å². The molecule has 0 radical (unpaired) electrons. The number of hydrogen-bond acceptors (Lipinski definition) is 3. The molecule has 0 saturated carbocycles. The van der Waals surface area contributed by atoms with Gasteiger partial charge in [0.15, 0.2) is 0 Å². The first-order valence-corrected chi connectivity index (χ1v) is 5.27. The van der Waals surface area contributed by atoms with Crippen LogP contribution < -0.4 is 10.2 Å². The van der Waals surface area contributed by atoms with Gasteiger partial charge in [-0.1, -0.05) is 6.07 Å². The lowest BCUT2D eigenvalue weighted by Crippen LogP contribution is -2.43. The fraction of sp³-hybridized carbons (Fsp3) is 0.417. The summed E-state index contributed by atoms with van der Waals surface area (Å²) in [7, 11) is 0. The van der Waals surface area contributed by atoms with Gasteiger partial charge in [-0.05, 0) is 24.6 Å². The van der Waals surface area contributed by atoms with E-state index in [1.165, 1.54) is 11.3 Å². The summed E-state index contributed by atoms with van der Waals surface area (Å²) in [4.78, 5) is 2.34. The molecule has 1 saturated heterocycles. The summed E-state index contributed by atoms with van der Waals surface area (Å²) in [5.41, 5.74) is 3.19. The van der Waals surface area contributed by atoms with Crippen molar-refractivity contribution >= 4 is 5.69 Å². The minimum absolute atomic E-state index is 0.745. The molecule has 1 aromatic carbocycles. The van der Waals surface area contributed by atoms with Gasteiger partial charge in [0.2, 0.25) is 0 Å². The van der Waals surface area contributed by atoms with Crippen LogP contribution in [-0.4, -0.2) is 26.2 Å². The van der Waals surface area contributed by atoms with Gasteiger partial charge in [-0.25, -0.2) is 0 Å². The standard InChI is InChI=1S/C12H15N3/c1-10-2-3-11(9-13)8-12(10)15-6-4-14-5-7-15/h2-3,8,14H,4-7H2,1H3. The van der Waals surface area contributed by atoms with Crippen molar-refractivity contribution in [2.45, 2.75) is 6.92 Å². The van der Waals surface area contributed by atoms with Gasteiger partial charge in [0.1, 0.15) is 0 Å². The van der Waals surface area contributed by atoms with Crippen LogP contribution in [0.25, 0.3) is 0 Å². The highest BCUT2D eigenvalue weighted by molar-refractivity contribution is 5.57. The van der Waals surface area contributed by atoms with E-state index in [0.717, 1.165) is 31.7 Å². The average molecular weight is 201 g/mol. The molecule has 0 bridgehead atoms. The van der Waals surface area contributed by atoms with Crippen molar-refractivity contribution in [3.8, 4) is 6.07 Å². The molecule has 1 heterocycles. The van der Waals surface area contributed by atoms with Gasteiger partial charge >= 0.3 is 0 Å². The van der Waals surface area contributed by atoms with Crippen LogP contribution >= 0.6 is 0 Å². The van der Waals surface area contributed by atoms with Crippen LogP contribution in [0.2, 0.25) is 0 Å². The third-order valence-electron chi connectivity index (χ3n) is 2.80. The third-order valence-corrected chi connectivity index (χ3v) is 2.80. The Morgan fingerprint density at radius 2 is 2.07 bits per heavy atom. The number of benzene rings is 1. The molecule has 78 valence electrons. The van der Waals surface area contributed by atoms with Gasteiger partial charge in [-0.2, -0.15) is 5.26 Å². The molecule has 1 fully saturated rings. The van der Waals surface area contributed by atoms with Gasteiger partial charge in [0.05, 0.1) is 11.6 Å². The zero-order valence-corrected chi connectivity index (χ0v) is 8.95. The second-order valence-electron chi connectivity index (χ2n) is 3.85. The Morgan fingerprint density at radius 3 is 2.73 bits per heavy atom. The number of aryl methyl sites for hydroxylation is 1. The van der Waals surface area contributed by atoms with Crippen LogP contribution in [0.1, 0.15) is 11.1 Å². The molecule has 15 heavy (non-hydrogen) atoms. The van der Waals surface area contributed by atoms with Crippen molar-refractivity contribution in [2.75, 3.05) is 31.1 Å². The molecule has 1 N–H and O–H groups in total. The number of hydrogen-bond donors (Lipinski definition) is 1. The molecule has 3 nitrogen and oxygen atoms in total. The summed E-state index contributed by atoms with van der Waals surface area (Å²) in [5.74, 6) is 0. The molecular formula is C12H15N3. The van der Waals surface area contributed by atoms with Crippen LogP contribution in [-0.2, 0) is 0 Å². The molecule has 0 aliphatic carbocycles.